The Morgan fingerprint density at radius 1 is 1.37 bits per heavy atom. The normalized spacial score (nSPS) is 14.9. The molecule has 1 aliphatic heterocycles. The zero-order chi connectivity index (χ0) is 13.7. The van der Waals surface area contributed by atoms with Crippen LogP contribution in [0.15, 0.2) is 18.2 Å². The number of hydrogen-bond donors (Lipinski definition) is 1. The fraction of sp³-hybridized carbons (Fsp3) is 0.571. The molecule has 2 N–H and O–H groups in total. The first-order valence-corrected chi connectivity index (χ1v) is 6.62. The first kappa shape index (κ1) is 14.1. The van der Waals surface area contributed by atoms with Crippen LogP contribution in [0.4, 0.5) is 0 Å². The quantitative estimate of drug-likeness (QED) is 0.756. The van der Waals surface area contributed by atoms with Gasteiger partial charge in [-0.2, -0.15) is 0 Å². The molecule has 5 heteroatoms. The molecule has 0 saturated heterocycles. The lowest BCUT2D eigenvalue weighted by Crippen LogP contribution is -2.31. The highest BCUT2D eigenvalue weighted by Crippen LogP contribution is 2.33. The predicted molar refractivity (Wildman–Crippen MR) is 73.5 cm³/mol. The lowest BCUT2D eigenvalue weighted by Gasteiger charge is -2.21. The molecule has 5 nitrogen and oxygen atoms in total. The topological polar surface area (TPSA) is 57.0 Å². The van der Waals surface area contributed by atoms with Crippen LogP contribution < -0.4 is 15.2 Å². The van der Waals surface area contributed by atoms with E-state index in [4.69, 9.17) is 19.9 Å². The summed E-state index contributed by atoms with van der Waals surface area (Å²) in [6.45, 7) is 5.45. The number of benzene rings is 1. The third-order valence-corrected chi connectivity index (χ3v) is 3.15. The molecule has 0 aromatic heterocycles. The van der Waals surface area contributed by atoms with E-state index in [0.717, 1.165) is 43.4 Å². The second-order valence-electron chi connectivity index (χ2n) is 4.68. The third-order valence-electron chi connectivity index (χ3n) is 3.15. The molecule has 0 radical (unpaired) electrons. The zero-order valence-electron chi connectivity index (χ0n) is 11.6. The van der Waals surface area contributed by atoms with Gasteiger partial charge in [-0.05, 0) is 31.7 Å². The van der Waals surface area contributed by atoms with Crippen LogP contribution in [0.1, 0.15) is 18.5 Å². The lowest BCUT2D eigenvalue weighted by molar-refractivity contribution is 0.120. The number of nitrogens with two attached hydrogens (primary N) is 1. The molecule has 0 aliphatic carbocycles. The van der Waals surface area contributed by atoms with Gasteiger partial charge in [-0.3, -0.25) is 0 Å². The van der Waals surface area contributed by atoms with E-state index in [0.29, 0.717) is 6.79 Å². The van der Waals surface area contributed by atoms with Crippen LogP contribution in [0.5, 0.6) is 11.5 Å². The number of fused-ring (bicyclic) bond motifs is 1. The summed E-state index contributed by atoms with van der Waals surface area (Å²) in [7, 11) is 2.05. The minimum atomic E-state index is -0.0406. The molecule has 1 aliphatic rings. The molecule has 1 unspecified atom stereocenters. The summed E-state index contributed by atoms with van der Waals surface area (Å²) in [5.41, 5.74) is 7.28. The van der Waals surface area contributed by atoms with Crippen LogP contribution in [0.3, 0.4) is 0 Å². The molecule has 106 valence electrons. The van der Waals surface area contributed by atoms with Crippen LogP contribution in [0.25, 0.3) is 0 Å². The second kappa shape index (κ2) is 6.75. The van der Waals surface area contributed by atoms with Crippen molar-refractivity contribution in [1.29, 1.82) is 0 Å². The monoisotopic (exact) mass is 266 g/mol. The molecular weight excluding hydrogens is 244 g/mol. The van der Waals surface area contributed by atoms with Gasteiger partial charge in [-0.25, -0.2) is 0 Å². The van der Waals surface area contributed by atoms with Gasteiger partial charge < -0.3 is 24.8 Å². The van der Waals surface area contributed by atoms with E-state index in [9.17, 15) is 0 Å². The van der Waals surface area contributed by atoms with Gasteiger partial charge in [-0.1, -0.05) is 6.07 Å². The van der Waals surface area contributed by atoms with Crippen molar-refractivity contribution in [3.05, 3.63) is 23.8 Å². The summed E-state index contributed by atoms with van der Waals surface area (Å²) in [6, 6.07) is 5.83. The Bertz CT molecular complexity index is 412. The maximum absolute atomic E-state index is 6.22. The van der Waals surface area contributed by atoms with Crippen molar-refractivity contribution < 1.29 is 14.2 Å². The lowest BCUT2D eigenvalue weighted by atomic mass is 10.1. The number of nitrogens with zero attached hydrogens (tertiary/aromatic N) is 1. The summed E-state index contributed by atoms with van der Waals surface area (Å²) in [5, 5.41) is 0. The Kier molecular flexibility index (Phi) is 5.01. The van der Waals surface area contributed by atoms with E-state index in [-0.39, 0.29) is 6.04 Å². The van der Waals surface area contributed by atoms with Gasteiger partial charge in [0.05, 0.1) is 6.61 Å². The first-order chi connectivity index (χ1) is 9.20. The van der Waals surface area contributed by atoms with Crippen LogP contribution in [0, 0.1) is 0 Å². The SMILES string of the molecule is CCOCCN(C)CC(N)c1ccc2c(c1)OCO2. The molecule has 1 aromatic carbocycles. The molecule has 0 saturated carbocycles. The number of rotatable bonds is 7. The molecule has 0 amide bonds. The molecule has 1 atom stereocenters. The summed E-state index contributed by atoms with van der Waals surface area (Å²) < 4.78 is 16.0. The van der Waals surface area contributed by atoms with Crippen LogP contribution in [-0.2, 0) is 4.74 Å². The van der Waals surface area contributed by atoms with Gasteiger partial charge >= 0.3 is 0 Å². The molecule has 0 bridgehead atoms. The Morgan fingerprint density at radius 3 is 2.95 bits per heavy atom. The fourth-order valence-corrected chi connectivity index (χ4v) is 2.04. The molecule has 1 aromatic rings. The summed E-state index contributed by atoms with van der Waals surface area (Å²) >= 11 is 0. The van der Waals surface area contributed by atoms with E-state index >= 15 is 0 Å². The van der Waals surface area contributed by atoms with Crippen molar-refractivity contribution in [3.8, 4) is 11.5 Å². The van der Waals surface area contributed by atoms with Gasteiger partial charge in [0.2, 0.25) is 6.79 Å². The summed E-state index contributed by atoms with van der Waals surface area (Å²) in [5.74, 6) is 1.57. The largest absolute Gasteiger partial charge is 0.454 e. The van der Waals surface area contributed by atoms with Gasteiger partial charge in [0.1, 0.15) is 0 Å². The standard InChI is InChI=1S/C14H22N2O3/c1-3-17-7-6-16(2)9-12(15)11-4-5-13-14(8-11)19-10-18-13/h4-5,8,12H,3,6-7,9-10,15H2,1-2H3. The highest BCUT2D eigenvalue weighted by molar-refractivity contribution is 5.45. The minimum Gasteiger partial charge on any atom is -0.454 e. The highest BCUT2D eigenvalue weighted by atomic mass is 16.7. The first-order valence-electron chi connectivity index (χ1n) is 6.62. The van der Waals surface area contributed by atoms with Crippen molar-refractivity contribution in [2.75, 3.05) is 40.1 Å². The van der Waals surface area contributed by atoms with Crippen LogP contribution >= 0.6 is 0 Å². The van der Waals surface area contributed by atoms with E-state index in [1.807, 2.05) is 32.2 Å². The highest BCUT2D eigenvalue weighted by Gasteiger charge is 2.16. The number of likely N-dealkylation sites (N-methyl/N-ethyl adjacent to an activating group) is 1. The van der Waals surface area contributed by atoms with Gasteiger partial charge in [0.25, 0.3) is 0 Å². The van der Waals surface area contributed by atoms with E-state index in [2.05, 4.69) is 4.90 Å². The maximum atomic E-state index is 6.22. The van der Waals surface area contributed by atoms with Gasteiger partial charge in [-0.15, -0.1) is 0 Å². The molecule has 19 heavy (non-hydrogen) atoms. The molecular formula is C14H22N2O3. The van der Waals surface area contributed by atoms with Crippen molar-refractivity contribution in [2.45, 2.75) is 13.0 Å². The third kappa shape index (κ3) is 3.83. The van der Waals surface area contributed by atoms with Gasteiger partial charge in [0.15, 0.2) is 11.5 Å². The summed E-state index contributed by atoms with van der Waals surface area (Å²) in [6.07, 6.45) is 0. The smallest absolute Gasteiger partial charge is 0.231 e. The maximum Gasteiger partial charge on any atom is 0.231 e. The zero-order valence-corrected chi connectivity index (χ0v) is 11.6. The average Bonchev–Trinajstić information content (AvgIpc) is 2.86. The number of ether oxygens (including phenoxy) is 3. The second-order valence-corrected chi connectivity index (χ2v) is 4.68. The average molecular weight is 266 g/mol. The predicted octanol–water partition coefficient (Wildman–Crippen LogP) is 1.38. The molecule has 0 spiro atoms. The van der Waals surface area contributed by atoms with Crippen LogP contribution in [0.2, 0.25) is 0 Å². The summed E-state index contributed by atoms with van der Waals surface area (Å²) in [4.78, 5) is 2.17. The van der Waals surface area contributed by atoms with E-state index in [1.165, 1.54) is 0 Å². The van der Waals surface area contributed by atoms with E-state index in [1.54, 1.807) is 0 Å². The Morgan fingerprint density at radius 2 is 2.16 bits per heavy atom. The van der Waals surface area contributed by atoms with Crippen molar-refractivity contribution in [3.63, 3.8) is 0 Å². The number of hydrogen-bond acceptors (Lipinski definition) is 5. The Balaban J connectivity index is 1.87. The minimum absolute atomic E-state index is 0.0406. The Labute approximate surface area is 114 Å². The van der Waals surface area contributed by atoms with E-state index < -0.39 is 0 Å². The van der Waals surface area contributed by atoms with Crippen molar-refractivity contribution >= 4 is 0 Å². The molecule has 2 rings (SSSR count). The molecule has 0 fully saturated rings. The van der Waals surface area contributed by atoms with Crippen LogP contribution in [-0.4, -0.2) is 45.0 Å². The van der Waals surface area contributed by atoms with Crippen molar-refractivity contribution in [2.24, 2.45) is 5.73 Å². The Hall–Kier alpha value is -1.30. The fourth-order valence-electron chi connectivity index (χ4n) is 2.04. The van der Waals surface area contributed by atoms with Crippen molar-refractivity contribution in [1.82, 2.24) is 4.90 Å². The molecule has 1 heterocycles. The van der Waals surface area contributed by atoms with Gasteiger partial charge in [0, 0.05) is 25.7 Å².